The third kappa shape index (κ3) is 3.45. The van der Waals surface area contributed by atoms with Crippen LogP contribution in [0.5, 0.6) is 5.75 Å². The highest BCUT2D eigenvalue weighted by Crippen LogP contribution is 2.34. The third-order valence-electron chi connectivity index (χ3n) is 3.99. The van der Waals surface area contributed by atoms with Gasteiger partial charge in [-0.05, 0) is 30.7 Å². The summed E-state index contributed by atoms with van der Waals surface area (Å²) < 4.78 is 46.3. The van der Waals surface area contributed by atoms with Gasteiger partial charge in [0, 0.05) is 13.2 Å². The molecule has 0 aliphatic carbocycles. The Hall–Kier alpha value is -2.57. The normalized spacial score (nSPS) is 11.9. The van der Waals surface area contributed by atoms with E-state index in [1.165, 1.54) is 6.07 Å². The Balaban J connectivity index is 2.06. The molecule has 0 atom stereocenters. The topological polar surface area (TPSA) is 39.9 Å². The zero-order chi connectivity index (χ0) is 18.0. The summed E-state index contributed by atoms with van der Waals surface area (Å²) >= 11 is 0. The quantitative estimate of drug-likeness (QED) is 0.619. The van der Waals surface area contributed by atoms with Crippen molar-refractivity contribution in [2.24, 2.45) is 7.05 Å². The molecule has 0 spiro atoms. The number of hydrogen-bond acceptors (Lipinski definition) is 3. The molecule has 25 heavy (non-hydrogen) atoms. The molecular formula is C18H18F3N3O. The first-order chi connectivity index (χ1) is 11.9. The van der Waals surface area contributed by atoms with E-state index in [9.17, 15) is 13.2 Å². The van der Waals surface area contributed by atoms with Crippen molar-refractivity contribution in [3.05, 3.63) is 42.2 Å². The Morgan fingerprint density at radius 1 is 1.20 bits per heavy atom. The maximum absolute atomic E-state index is 12.9. The molecule has 0 aliphatic rings. The predicted octanol–water partition coefficient (Wildman–Crippen LogP) is 4.83. The van der Waals surface area contributed by atoms with Gasteiger partial charge in [0.15, 0.2) is 0 Å². The number of hydrogen-bond donors (Lipinski definition) is 0. The van der Waals surface area contributed by atoms with Crippen molar-refractivity contribution in [3.8, 4) is 17.1 Å². The van der Waals surface area contributed by atoms with Gasteiger partial charge in [-0.15, -0.1) is 0 Å². The second-order valence-corrected chi connectivity index (χ2v) is 5.77. The van der Waals surface area contributed by atoms with E-state index >= 15 is 0 Å². The number of pyridine rings is 1. The highest BCUT2D eigenvalue weighted by molar-refractivity contribution is 5.82. The molecule has 0 bridgehead atoms. The lowest BCUT2D eigenvalue weighted by Crippen LogP contribution is -2.04. The van der Waals surface area contributed by atoms with E-state index in [4.69, 9.17) is 4.74 Å². The van der Waals surface area contributed by atoms with Crippen molar-refractivity contribution < 1.29 is 17.9 Å². The summed E-state index contributed by atoms with van der Waals surface area (Å²) in [5, 5.41) is 0. The highest BCUT2D eigenvalue weighted by Gasteiger charge is 2.31. The third-order valence-corrected chi connectivity index (χ3v) is 3.99. The summed E-state index contributed by atoms with van der Waals surface area (Å²) in [5.41, 5.74) is 0.917. The molecule has 0 N–H and O–H groups in total. The first-order valence-corrected chi connectivity index (χ1v) is 8.02. The molecule has 1 aromatic carbocycles. The van der Waals surface area contributed by atoms with Gasteiger partial charge < -0.3 is 9.30 Å². The Kier molecular flexibility index (Phi) is 4.65. The van der Waals surface area contributed by atoms with E-state index in [1.807, 2.05) is 0 Å². The molecule has 0 amide bonds. The lowest BCUT2D eigenvalue weighted by Gasteiger charge is -2.10. The molecule has 3 rings (SSSR count). The average Bonchev–Trinajstić information content (AvgIpc) is 2.91. The van der Waals surface area contributed by atoms with Crippen LogP contribution in [0.4, 0.5) is 13.2 Å². The maximum Gasteiger partial charge on any atom is 0.416 e. The summed E-state index contributed by atoms with van der Waals surface area (Å²) in [4.78, 5) is 8.47. The smallest absolute Gasteiger partial charge is 0.416 e. The van der Waals surface area contributed by atoms with Gasteiger partial charge in [0.2, 0.25) is 0 Å². The molecule has 0 saturated carbocycles. The van der Waals surface area contributed by atoms with Crippen molar-refractivity contribution >= 4 is 11.0 Å². The van der Waals surface area contributed by atoms with Crippen LogP contribution in [0, 0.1) is 0 Å². The van der Waals surface area contributed by atoms with Crippen molar-refractivity contribution in [3.63, 3.8) is 0 Å². The van der Waals surface area contributed by atoms with Crippen LogP contribution < -0.4 is 4.74 Å². The Labute approximate surface area is 143 Å². The number of rotatable bonds is 5. The van der Waals surface area contributed by atoms with Crippen LogP contribution in [0.15, 0.2) is 36.7 Å². The predicted molar refractivity (Wildman–Crippen MR) is 89.4 cm³/mol. The van der Waals surface area contributed by atoms with Crippen LogP contribution in [0.1, 0.15) is 25.3 Å². The molecule has 0 aliphatic heterocycles. The standard InChI is InChI=1S/C18H18F3N3O/c1-3-4-9-25-16-11-22-8-7-13(16)17-23-14-10-12(18(19,20)21)5-6-15(14)24(17)2/h5-8,10-11H,3-4,9H2,1-2H3. The number of aromatic nitrogens is 3. The second kappa shape index (κ2) is 6.74. The van der Waals surface area contributed by atoms with E-state index in [2.05, 4.69) is 16.9 Å². The number of imidazole rings is 1. The molecule has 2 heterocycles. The number of nitrogens with zero attached hydrogens (tertiary/aromatic N) is 3. The summed E-state index contributed by atoms with van der Waals surface area (Å²) in [6.07, 6.45) is 0.735. The van der Waals surface area contributed by atoms with Crippen LogP contribution >= 0.6 is 0 Å². The van der Waals surface area contributed by atoms with E-state index in [1.54, 1.807) is 30.1 Å². The molecule has 3 aromatic rings. The molecule has 7 heteroatoms. The molecule has 0 saturated heterocycles. The van der Waals surface area contributed by atoms with Crippen molar-refractivity contribution in [2.45, 2.75) is 25.9 Å². The lowest BCUT2D eigenvalue weighted by atomic mass is 10.2. The zero-order valence-electron chi connectivity index (χ0n) is 14.0. The van der Waals surface area contributed by atoms with Gasteiger partial charge in [-0.2, -0.15) is 13.2 Å². The summed E-state index contributed by atoms with van der Waals surface area (Å²) in [5.74, 6) is 1.12. The van der Waals surface area contributed by atoms with Gasteiger partial charge >= 0.3 is 6.18 Å². The Bertz CT molecular complexity index is 887. The summed E-state index contributed by atoms with van der Waals surface area (Å²) in [6.45, 7) is 2.62. The van der Waals surface area contributed by atoms with Gasteiger partial charge in [-0.3, -0.25) is 4.98 Å². The van der Waals surface area contributed by atoms with Gasteiger partial charge in [0.25, 0.3) is 0 Å². The number of aryl methyl sites for hydroxylation is 1. The van der Waals surface area contributed by atoms with Gasteiger partial charge in [0.1, 0.15) is 11.6 Å². The largest absolute Gasteiger partial charge is 0.491 e. The van der Waals surface area contributed by atoms with Crippen molar-refractivity contribution in [2.75, 3.05) is 6.61 Å². The fourth-order valence-corrected chi connectivity index (χ4v) is 2.62. The first-order valence-electron chi connectivity index (χ1n) is 8.02. The fraction of sp³-hybridized carbons (Fsp3) is 0.333. The Morgan fingerprint density at radius 2 is 2.00 bits per heavy atom. The minimum absolute atomic E-state index is 0.295. The second-order valence-electron chi connectivity index (χ2n) is 5.77. The Morgan fingerprint density at radius 3 is 2.72 bits per heavy atom. The van der Waals surface area contributed by atoms with Crippen molar-refractivity contribution in [1.82, 2.24) is 14.5 Å². The number of benzene rings is 1. The monoisotopic (exact) mass is 349 g/mol. The van der Waals surface area contributed by atoms with Crippen LogP contribution in [-0.4, -0.2) is 21.1 Å². The molecule has 4 nitrogen and oxygen atoms in total. The number of halogens is 3. The molecule has 0 radical (unpaired) electrons. The number of alkyl halides is 3. The van der Waals surface area contributed by atoms with Crippen LogP contribution in [0.2, 0.25) is 0 Å². The molecule has 0 unspecified atom stereocenters. The number of unbranched alkanes of at least 4 members (excludes halogenated alkanes) is 1. The molecule has 132 valence electrons. The van der Waals surface area contributed by atoms with Crippen LogP contribution in [-0.2, 0) is 13.2 Å². The van der Waals surface area contributed by atoms with Gasteiger partial charge in [0.05, 0.1) is 35.0 Å². The van der Waals surface area contributed by atoms with E-state index < -0.39 is 11.7 Å². The maximum atomic E-state index is 12.9. The fourth-order valence-electron chi connectivity index (χ4n) is 2.62. The SMILES string of the molecule is CCCCOc1cnccc1-c1nc2cc(C(F)(F)F)ccc2n1C. The summed E-state index contributed by atoms with van der Waals surface area (Å²) in [6, 6.07) is 5.33. The molecule has 2 aromatic heterocycles. The number of fused-ring (bicyclic) bond motifs is 1. The summed E-state index contributed by atoms with van der Waals surface area (Å²) in [7, 11) is 1.77. The highest BCUT2D eigenvalue weighted by atomic mass is 19.4. The van der Waals surface area contributed by atoms with E-state index in [0.717, 1.165) is 25.0 Å². The van der Waals surface area contributed by atoms with Crippen LogP contribution in [0.3, 0.4) is 0 Å². The minimum Gasteiger partial charge on any atom is -0.491 e. The lowest BCUT2D eigenvalue weighted by molar-refractivity contribution is -0.137. The minimum atomic E-state index is -4.39. The van der Waals surface area contributed by atoms with Crippen LogP contribution in [0.25, 0.3) is 22.4 Å². The first kappa shape index (κ1) is 17.3. The van der Waals surface area contributed by atoms with Gasteiger partial charge in [-0.1, -0.05) is 13.3 Å². The average molecular weight is 349 g/mol. The van der Waals surface area contributed by atoms with Gasteiger partial charge in [-0.25, -0.2) is 4.98 Å². The zero-order valence-corrected chi connectivity index (χ0v) is 14.0. The van der Waals surface area contributed by atoms with E-state index in [0.29, 0.717) is 34.8 Å². The molecule has 0 fully saturated rings. The van der Waals surface area contributed by atoms with Crippen molar-refractivity contribution in [1.29, 1.82) is 0 Å². The molecular weight excluding hydrogens is 331 g/mol. The number of ether oxygens (including phenoxy) is 1. The van der Waals surface area contributed by atoms with E-state index in [-0.39, 0.29) is 0 Å².